The van der Waals surface area contributed by atoms with Crippen LogP contribution in [0.5, 0.6) is 0 Å². The number of nitrogens with zero attached hydrogens (tertiary/aromatic N) is 2. The van der Waals surface area contributed by atoms with Gasteiger partial charge in [0.25, 0.3) is 0 Å². The second kappa shape index (κ2) is 6.58. The first-order valence-corrected chi connectivity index (χ1v) is 6.13. The molecule has 2 N–H and O–H groups in total. The van der Waals surface area contributed by atoms with Crippen molar-refractivity contribution >= 4 is 16.2 Å². The molecular weight excluding hydrogens is 283 g/mol. The molecule has 9 heteroatoms. The Balaban J connectivity index is 0.00000162. The van der Waals surface area contributed by atoms with Crippen LogP contribution in [0.3, 0.4) is 0 Å². The maximum absolute atomic E-state index is 11.8. The Morgan fingerprint density at radius 2 is 1.95 bits per heavy atom. The van der Waals surface area contributed by atoms with Crippen molar-refractivity contribution in [1.29, 1.82) is 5.39 Å². The molecule has 1 aliphatic carbocycles. The zero-order chi connectivity index (χ0) is 12.6. The summed E-state index contributed by atoms with van der Waals surface area (Å²) in [7, 11) is -4.63. The van der Waals surface area contributed by atoms with Crippen molar-refractivity contribution in [3.63, 3.8) is 0 Å². The van der Waals surface area contributed by atoms with Crippen LogP contribution in [0.4, 0.5) is 0 Å². The predicted molar refractivity (Wildman–Crippen MR) is 58.7 cm³/mol. The third-order valence-electron chi connectivity index (χ3n) is 2.58. The second-order valence-corrected chi connectivity index (χ2v) is 4.95. The summed E-state index contributed by atoms with van der Waals surface area (Å²) in [6.07, 6.45) is 1.18. The van der Waals surface area contributed by atoms with Crippen molar-refractivity contribution < 1.29 is 53.1 Å². The van der Waals surface area contributed by atoms with Crippen LogP contribution in [0.15, 0.2) is 29.2 Å². The van der Waals surface area contributed by atoms with Crippen LogP contribution in [0.1, 0.15) is 17.2 Å². The van der Waals surface area contributed by atoms with Gasteiger partial charge in [-0.1, -0.05) is 12.1 Å². The van der Waals surface area contributed by atoms with Gasteiger partial charge < -0.3 is 15.1 Å². The van der Waals surface area contributed by atoms with Crippen molar-refractivity contribution in [1.82, 2.24) is 0 Å². The van der Waals surface area contributed by atoms with E-state index in [9.17, 15) is 18.1 Å². The first kappa shape index (κ1) is 18.2. The van der Waals surface area contributed by atoms with E-state index >= 15 is 0 Å². The van der Waals surface area contributed by atoms with Crippen LogP contribution in [0.25, 0.3) is 11.1 Å². The molecule has 0 amide bonds. The fourth-order valence-corrected chi connectivity index (χ4v) is 2.48. The van der Waals surface area contributed by atoms with Gasteiger partial charge in [-0.3, -0.25) is 0 Å². The van der Waals surface area contributed by atoms with E-state index < -0.39 is 27.2 Å². The van der Waals surface area contributed by atoms with Crippen molar-refractivity contribution in [2.45, 2.75) is 17.0 Å². The number of hydrogen-bond donors (Lipinski definition) is 0. The Bertz CT molecular complexity index is 638. The maximum atomic E-state index is 11.8. The predicted octanol–water partition coefficient (Wildman–Crippen LogP) is -3.58. The van der Waals surface area contributed by atoms with Crippen molar-refractivity contribution in [2.24, 2.45) is 0 Å². The average Bonchev–Trinajstić information content (AvgIpc) is 2.28. The van der Waals surface area contributed by atoms with Gasteiger partial charge in [-0.05, 0) is 29.4 Å². The molecule has 0 aliphatic heterocycles. The number of rotatable bonds is 1. The molecule has 0 saturated carbocycles. The molecule has 2 atom stereocenters. The van der Waals surface area contributed by atoms with E-state index in [1.165, 1.54) is 24.3 Å². The number of benzene rings is 1. The molecule has 1 aromatic rings. The van der Waals surface area contributed by atoms with Gasteiger partial charge >= 0.3 is 35.6 Å². The van der Waals surface area contributed by atoms with Crippen LogP contribution in [0.2, 0.25) is 0 Å². The maximum Gasteiger partial charge on any atom is 1.00 e. The summed E-state index contributed by atoms with van der Waals surface area (Å²) in [5.74, 6) is 0. The summed E-state index contributed by atoms with van der Waals surface area (Å²) in [5, 5.41) is 20.4. The first-order valence-electron chi connectivity index (χ1n) is 4.72. The minimum atomic E-state index is -4.63. The van der Waals surface area contributed by atoms with Crippen LogP contribution in [-0.2, 0) is 10.1 Å². The zero-order valence-corrected chi connectivity index (χ0v) is 12.8. The molecule has 0 aromatic heterocycles. The van der Waals surface area contributed by atoms with Gasteiger partial charge in [0.15, 0.2) is 0 Å². The summed E-state index contributed by atoms with van der Waals surface area (Å²) < 4.78 is 33.0. The van der Waals surface area contributed by atoms with Crippen LogP contribution in [0, 0.1) is 5.39 Å². The Hall–Kier alpha value is -0.790. The largest absolute Gasteiger partial charge is 1.00 e. The van der Waals surface area contributed by atoms with Crippen molar-refractivity contribution in [2.75, 3.05) is 0 Å². The molecule has 0 spiro atoms. The Kier molecular flexibility index (Phi) is 6.31. The van der Waals surface area contributed by atoms with Gasteiger partial charge in [-0.2, -0.15) is 0 Å². The van der Waals surface area contributed by atoms with E-state index in [0.29, 0.717) is 0 Å². The monoisotopic (exact) mass is 292 g/mol. The molecule has 7 nitrogen and oxygen atoms in total. The standard InChI is InChI=1S/C10H8N2O4S.Na.H2O/c11-12-8-5-4-6-7(10(8)13)2-1-3-9(6)17(14,15)16;;/h1-5,8,10H,(H,14,15,16);;1H2/q;+1;/p-1. The fourth-order valence-electron chi connectivity index (χ4n) is 1.78. The summed E-state index contributed by atoms with van der Waals surface area (Å²) in [6.45, 7) is 0. The Labute approximate surface area is 131 Å². The minimum absolute atomic E-state index is 0. The minimum Gasteiger partial charge on any atom is -0.842 e. The SMILES string of the molecule is N#[N+]C1C=Cc2c(cccc2S(=O)(=O)[O-])C1[O-].O.[Na+]. The molecule has 0 heterocycles. The fraction of sp³-hybridized carbons (Fsp3) is 0.200. The molecule has 0 radical (unpaired) electrons. The molecular formula is C10H9N2NaO5S. The quantitative estimate of drug-likeness (QED) is 0.299. The topological polar surface area (TPSA) is 140 Å². The summed E-state index contributed by atoms with van der Waals surface area (Å²) in [4.78, 5) is 2.47. The number of fused-ring (bicyclic) bond motifs is 1. The average molecular weight is 292 g/mol. The number of diazo groups is 1. The van der Waals surface area contributed by atoms with E-state index in [1.807, 2.05) is 0 Å². The van der Waals surface area contributed by atoms with E-state index in [0.717, 1.165) is 6.07 Å². The van der Waals surface area contributed by atoms with Gasteiger partial charge in [-0.15, -0.1) is 0 Å². The van der Waals surface area contributed by atoms with Gasteiger partial charge in [0.2, 0.25) is 5.39 Å². The first-order chi connectivity index (χ1) is 7.95. The molecule has 1 aliphatic rings. The molecule has 0 bridgehead atoms. The molecule has 0 saturated heterocycles. The number of hydrogen-bond acceptors (Lipinski definition) is 5. The summed E-state index contributed by atoms with van der Waals surface area (Å²) in [5.41, 5.74) is 0.231. The van der Waals surface area contributed by atoms with Crippen molar-refractivity contribution in [3.05, 3.63) is 40.4 Å². The van der Waals surface area contributed by atoms with E-state index in [2.05, 4.69) is 4.98 Å². The second-order valence-electron chi connectivity index (χ2n) is 3.60. The summed E-state index contributed by atoms with van der Waals surface area (Å²) >= 11 is 0. The van der Waals surface area contributed by atoms with Gasteiger partial charge in [0.05, 0.1) is 4.90 Å². The normalized spacial score (nSPS) is 20.5. The molecule has 96 valence electrons. The third kappa shape index (κ3) is 3.40. The zero-order valence-electron chi connectivity index (χ0n) is 9.98. The van der Waals surface area contributed by atoms with Crippen LogP contribution < -0.4 is 34.7 Å². The Morgan fingerprint density at radius 3 is 2.47 bits per heavy atom. The molecule has 2 unspecified atom stereocenters. The van der Waals surface area contributed by atoms with Crippen LogP contribution in [-0.4, -0.2) is 24.5 Å². The van der Waals surface area contributed by atoms with Crippen molar-refractivity contribution in [3.8, 4) is 0 Å². The van der Waals surface area contributed by atoms with Gasteiger partial charge in [-0.25, -0.2) is 8.42 Å². The Morgan fingerprint density at radius 1 is 1.32 bits per heavy atom. The van der Waals surface area contributed by atoms with Gasteiger partial charge in [0, 0.05) is 6.08 Å². The third-order valence-corrected chi connectivity index (χ3v) is 3.47. The van der Waals surface area contributed by atoms with E-state index in [4.69, 9.17) is 5.39 Å². The van der Waals surface area contributed by atoms with Crippen LogP contribution >= 0.6 is 0 Å². The molecule has 19 heavy (non-hydrogen) atoms. The molecule has 1 aromatic carbocycles. The van der Waals surface area contributed by atoms with Gasteiger partial charge in [0.1, 0.15) is 15.1 Å². The molecule has 0 fully saturated rings. The molecule has 2 rings (SSSR count). The van der Waals surface area contributed by atoms with E-state index in [-0.39, 0.29) is 46.2 Å². The van der Waals surface area contributed by atoms with E-state index in [1.54, 1.807) is 0 Å². The smallest absolute Gasteiger partial charge is 0.842 e. The summed E-state index contributed by atoms with van der Waals surface area (Å²) in [6, 6.07) is 2.92.